The molecule has 0 radical (unpaired) electrons. The van der Waals surface area contributed by atoms with Crippen molar-refractivity contribution < 1.29 is 5.11 Å². The monoisotopic (exact) mass is 188 g/mol. The van der Waals surface area contributed by atoms with Gasteiger partial charge in [0.1, 0.15) is 5.72 Å². The zero-order valence-electron chi connectivity index (χ0n) is 9.35. The first-order valence-corrected chi connectivity index (χ1v) is 5.25. The summed E-state index contributed by atoms with van der Waals surface area (Å²) in [4.78, 5) is 0. The molecule has 0 spiro atoms. The summed E-state index contributed by atoms with van der Waals surface area (Å²) in [5, 5.41) is 13.4. The van der Waals surface area contributed by atoms with E-state index in [1.807, 2.05) is 13.8 Å². The van der Waals surface area contributed by atoms with E-state index in [1.165, 1.54) is 0 Å². The maximum absolute atomic E-state index is 10.1. The summed E-state index contributed by atoms with van der Waals surface area (Å²) in [5.74, 6) is 0. The summed E-state index contributed by atoms with van der Waals surface area (Å²) in [5.41, 5.74) is 4.45. The summed E-state index contributed by atoms with van der Waals surface area (Å²) >= 11 is 0. The van der Waals surface area contributed by atoms with Crippen molar-refractivity contribution >= 4 is 0 Å². The second-order valence-corrected chi connectivity index (χ2v) is 3.60. The fourth-order valence-electron chi connectivity index (χ4n) is 1.94. The van der Waals surface area contributed by atoms with Gasteiger partial charge in [0, 0.05) is 0 Å². The van der Waals surface area contributed by atoms with Crippen molar-refractivity contribution in [2.24, 2.45) is 5.73 Å². The van der Waals surface area contributed by atoms with Crippen LogP contribution in [-0.4, -0.2) is 22.9 Å². The smallest absolute Gasteiger partial charge is 0.131 e. The van der Waals surface area contributed by atoms with Gasteiger partial charge < -0.3 is 16.2 Å². The van der Waals surface area contributed by atoms with Crippen molar-refractivity contribution in [3.63, 3.8) is 0 Å². The highest BCUT2D eigenvalue weighted by Gasteiger charge is 2.42. The van der Waals surface area contributed by atoms with Gasteiger partial charge in [0.05, 0.1) is 5.54 Å². The van der Waals surface area contributed by atoms with Gasteiger partial charge in [-0.1, -0.05) is 27.7 Å². The van der Waals surface area contributed by atoms with E-state index in [0.717, 1.165) is 19.4 Å². The molecule has 0 aromatic heterocycles. The Bertz CT molecular complexity index is 142. The van der Waals surface area contributed by atoms with Gasteiger partial charge >= 0.3 is 0 Å². The molecule has 0 aliphatic rings. The number of likely N-dealkylation sites (N-methyl/N-ethyl adjacent to an activating group) is 1. The van der Waals surface area contributed by atoms with Crippen LogP contribution in [0, 0.1) is 0 Å². The zero-order valence-corrected chi connectivity index (χ0v) is 9.35. The van der Waals surface area contributed by atoms with Gasteiger partial charge in [-0.3, -0.25) is 0 Å². The second-order valence-electron chi connectivity index (χ2n) is 3.60. The van der Waals surface area contributed by atoms with Crippen LogP contribution in [0.5, 0.6) is 0 Å². The Morgan fingerprint density at radius 2 is 1.54 bits per heavy atom. The molecule has 0 rings (SSSR count). The second kappa shape index (κ2) is 4.94. The average Bonchev–Trinajstić information content (AvgIpc) is 2.14. The van der Waals surface area contributed by atoms with Crippen molar-refractivity contribution in [1.82, 2.24) is 5.32 Å². The average molecular weight is 188 g/mol. The van der Waals surface area contributed by atoms with Gasteiger partial charge in [-0.15, -0.1) is 0 Å². The molecule has 3 nitrogen and oxygen atoms in total. The van der Waals surface area contributed by atoms with Gasteiger partial charge in [0.25, 0.3) is 0 Å². The van der Waals surface area contributed by atoms with E-state index < -0.39 is 5.72 Å². The van der Waals surface area contributed by atoms with Crippen molar-refractivity contribution in [2.75, 3.05) is 6.54 Å². The molecule has 0 heterocycles. The van der Waals surface area contributed by atoms with Crippen LogP contribution in [0.15, 0.2) is 0 Å². The van der Waals surface area contributed by atoms with E-state index in [4.69, 9.17) is 5.73 Å². The van der Waals surface area contributed by atoms with Gasteiger partial charge in [0.2, 0.25) is 0 Å². The first-order chi connectivity index (χ1) is 5.99. The fourth-order valence-corrected chi connectivity index (χ4v) is 1.94. The molecule has 4 N–H and O–H groups in total. The molecule has 0 aliphatic heterocycles. The largest absolute Gasteiger partial charge is 0.374 e. The standard InChI is InChI=1S/C10H24N2O/c1-5-9(6-2,12-8-4)10(11,13)7-3/h12-13H,5-8,11H2,1-4H3. The maximum atomic E-state index is 10.1. The van der Waals surface area contributed by atoms with Crippen molar-refractivity contribution in [3.05, 3.63) is 0 Å². The quantitative estimate of drug-likeness (QED) is 0.549. The molecular weight excluding hydrogens is 164 g/mol. The van der Waals surface area contributed by atoms with E-state index in [1.54, 1.807) is 0 Å². The van der Waals surface area contributed by atoms with Crippen LogP contribution in [0.2, 0.25) is 0 Å². The predicted molar refractivity (Wildman–Crippen MR) is 56.4 cm³/mol. The normalized spacial score (nSPS) is 17.1. The molecule has 3 heteroatoms. The van der Waals surface area contributed by atoms with Crippen molar-refractivity contribution in [1.29, 1.82) is 0 Å². The molecule has 1 unspecified atom stereocenters. The molecule has 0 aromatic rings. The Morgan fingerprint density at radius 1 is 1.08 bits per heavy atom. The highest BCUT2D eigenvalue weighted by atomic mass is 16.3. The lowest BCUT2D eigenvalue weighted by Crippen LogP contribution is -2.67. The summed E-state index contributed by atoms with van der Waals surface area (Å²) in [6, 6.07) is 0. The summed E-state index contributed by atoms with van der Waals surface area (Å²) < 4.78 is 0. The van der Waals surface area contributed by atoms with Gasteiger partial charge in [-0.25, -0.2) is 0 Å². The Morgan fingerprint density at radius 3 is 1.77 bits per heavy atom. The third-order valence-electron chi connectivity index (χ3n) is 3.09. The minimum Gasteiger partial charge on any atom is -0.374 e. The maximum Gasteiger partial charge on any atom is 0.131 e. The van der Waals surface area contributed by atoms with Gasteiger partial charge in [-0.05, 0) is 25.8 Å². The summed E-state index contributed by atoms with van der Waals surface area (Å²) in [6.07, 6.45) is 2.26. The van der Waals surface area contributed by atoms with Gasteiger partial charge in [-0.2, -0.15) is 0 Å². The van der Waals surface area contributed by atoms with Gasteiger partial charge in [0.15, 0.2) is 0 Å². The lowest BCUT2D eigenvalue weighted by molar-refractivity contribution is -0.0556. The molecule has 0 aromatic carbocycles. The Kier molecular flexibility index (Phi) is 4.89. The zero-order chi connectivity index (χ0) is 10.5. The van der Waals surface area contributed by atoms with Crippen LogP contribution >= 0.6 is 0 Å². The third kappa shape index (κ3) is 2.42. The number of nitrogens with two attached hydrogens (primary N) is 1. The molecule has 0 fully saturated rings. The predicted octanol–water partition coefficient (Wildman–Crippen LogP) is 1.21. The molecule has 0 bridgehead atoms. The highest BCUT2D eigenvalue weighted by Crippen LogP contribution is 2.27. The highest BCUT2D eigenvalue weighted by molar-refractivity contribution is 4.99. The van der Waals surface area contributed by atoms with E-state index in [9.17, 15) is 5.11 Å². The lowest BCUT2D eigenvalue weighted by Gasteiger charge is -2.44. The number of aliphatic hydroxyl groups is 1. The van der Waals surface area contributed by atoms with Crippen LogP contribution in [0.1, 0.15) is 47.0 Å². The number of hydrogen-bond donors (Lipinski definition) is 3. The van der Waals surface area contributed by atoms with E-state index in [0.29, 0.717) is 6.42 Å². The molecule has 0 saturated heterocycles. The molecular formula is C10H24N2O. The third-order valence-corrected chi connectivity index (χ3v) is 3.09. The van der Waals surface area contributed by atoms with E-state index in [2.05, 4.69) is 19.2 Å². The molecule has 80 valence electrons. The Hall–Kier alpha value is -0.120. The van der Waals surface area contributed by atoms with E-state index >= 15 is 0 Å². The summed E-state index contributed by atoms with van der Waals surface area (Å²) in [6.45, 7) is 8.89. The van der Waals surface area contributed by atoms with Crippen LogP contribution < -0.4 is 11.1 Å². The topological polar surface area (TPSA) is 58.3 Å². The minimum atomic E-state index is -1.10. The number of nitrogens with one attached hydrogen (secondary N) is 1. The molecule has 0 amide bonds. The van der Waals surface area contributed by atoms with Crippen LogP contribution in [-0.2, 0) is 0 Å². The Labute approximate surface area is 81.7 Å². The summed E-state index contributed by atoms with van der Waals surface area (Å²) in [7, 11) is 0. The fraction of sp³-hybridized carbons (Fsp3) is 1.00. The lowest BCUT2D eigenvalue weighted by atomic mass is 9.80. The van der Waals surface area contributed by atoms with Crippen LogP contribution in [0.25, 0.3) is 0 Å². The first-order valence-electron chi connectivity index (χ1n) is 5.25. The SMILES string of the molecule is CCNC(CC)(CC)C(N)(O)CC. The van der Waals surface area contributed by atoms with E-state index in [-0.39, 0.29) is 5.54 Å². The molecule has 0 aliphatic carbocycles. The minimum absolute atomic E-state index is 0.337. The number of hydrogen-bond acceptors (Lipinski definition) is 3. The van der Waals surface area contributed by atoms with Crippen molar-refractivity contribution in [2.45, 2.75) is 58.2 Å². The molecule has 1 atom stereocenters. The van der Waals surface area contributed by atoms with Crippen molar-refractivity contribution in [3.8, 4) is 0 Å². The first kappa shape index (κ1) is 12.9. The molecule has 13 heavy (non-hydrogen) atoms. The number of rotatable bonds is 6. The van der Waals surface area contributed by atoms with Crippen LogP contribution in [0.3, 0.4) is 0 Å². The van der Waals surface area contributed by atoms with Crippen LogP contribution in [0.4, 0.5) is 0 Å². The Balaban J connectivity index is 4.73. The molecule has 0 saturated carbocycles.